The summed E-state index contributed by atoms with van der Waals surface area (Å²) in [5.41, 5.74) is 0.173. The molecule has 7 heteroatoms. The van der Waals surface area contributed by atoms with E-state index in [1.807, 2.05) is 0 Å². The number of ether oxygens (including phenoxy) is 1. The van der Waals surface area contributed by atoms with Crippen molar-refractivity contribution in [3.8, 4) is 11.4 Å². The lowest BCUT2D eigenvalue weighted by Crippen LogP contribution is -2.04. The molecule has 2 heterocycles. The number of H-pyrrole nitrogens is 1. The van der Waals surface area contributed by atoms with E-state index in [-0.39, 0.29) is 16.1 Å². The van der Waals surface area contributed by atoms with Crippen molar-refractivity contribution in [3.63, 3.8) is 0 Å². The molecule has 3 rings (SSSR count). The highest BCUT2D eigenvalue weighted by atomic mass is 35.5. The summed E-state index contributed by atoms with van der Waals surface area (Å²) in [7, 11) is 1.52. The van der Waals surface area contributed by atoms with Crippen LogP contribution >= 0.6 is 11.6 Å². The van der Waals surface area contributed by atoms with Gasteiger partial charge in [0.25, 0.3) is 5.56 Å². The molecular formula is C13H9ClFN3O2. The van der Waals surface area contributed by atoms with Crippen molar-refractivity contribution in [2.24, 2.45) is 0 Å². The molecule has 1 aromatic carbocycles. The zero-order valence-electron chi connectivity index (χ0n) is 10.4. The van der Waals surface area contributed by atoms with E-state index in [1.165, 1.54) is 18.0 Å². The Morgan fingerprint density at radius 3 is 3.00 bits per heavy atom. The van der Waals surface area contributed by atoms with Crippen molar-refractivity contribution in [2.75, 3.05) is 7.11 Å². The first-order chi connectivity index (χ1) is 9.61. The van der Waals surface area contributed by atoms with E-state index in [2.05, 4.69) is 10.1 Å². The highest BCUT2D eigenvalue weighted by Gasteiger charge is 2.16. The highest BCUT2D eigenvalue weighted by molar-refractivity contribution is 6.30. The second kappa shape index (κ2) is 4.64. The molecule has 0 radical (unpaired) electrons. The van der Waals surface area contributed by atoms with Gasteiger partial charge in [-0.2, -0.15) is 0 Å². The normalized spacial score (nSPS) is 10.9. The third-order valence-corrected chi connectivity index (χ3v) is 3.21. The van der Waals surface area contributed by atoms with E-state index in [1.54, 1.807) is 24.3 Å². The second-order valence-corrected chi connectivity index (χ2v) is 4.46. The van der Waals surface area contributed by atoms with Crippen LogP contribution in [0.2, 0.25) is 5.15 Å². The van der Waals surface area contributed by atoms with Gasteiger partial charge in [-0.3, -0.25) is 9.89 Å². The van der Waals surface area contributed by atoms with Gasteiger partial charge in [0.15, 0.2) is 11.0 Å². The molecule has 3 aromatic rings. The molecule has 0 bridgehead atoms. The van der Waals surface area contributed by atoms with E-state index in [4.69, 9.17) is 16.3 Å². The van der Waals surface area contributed by atoms with Crippen molar-refractivity contribution in [2.45, 2.75) is 0 Å². The van der Waals surface area contributed by atoms with Crippen LogP contribution in [0, 0.1) is 5.82 Å². The monoisotopic (exact) mass is 293 g/mol. The number of pyridine rings is 1. The Bertz CT molecular complexity index is 856. The first kappa shape index (κ1) is 12.7. The van der Waals surface area contributed by atoms with Gasteiger partial charge in [0.1, 0.15) is 11.3 Å². The number of rotatable bonds is 2. The first-order valence-corrected chi connectivity index (χ1v) is 6.09. The maximum absolute atomic E-state index is 14.1. The van der Waals surface area contributed by atoms with Crippen LogP contribution < -0.4 is 10.3 Å². The van der Waals surface area contributed by atoms with E-state index in [0.717, 1.165) is 0 Å². The molecule has 0 aliphatic rings. The summed E-state index contributed by atoms with van der Waals surface area (Å²) in [6.45, 7) is 0. The molecule has 0 saturated heterocycles. The Balaban J connectivity index is 2.36. The van der Waals surface area contributed by atoms with Crippen LogP contribution in [0.1, 0.15) is 0 Å². The Labute approximate surface area is 117 Å². The summed E-state index contributed by atoms with van der Waals surface area (Å²) >= 11 is 5.67. The Kier molecular flexibility index (Phi) is 2.94. The molecule has 0 unspecified atom stereocenters. The largest absolute Gasteiger partial charge is 0.497 e. The van der Waals surface area contributed by atoms with Gasteiger partial charge in [-0.1, -0.05) is 17.7 Å². The molecule has 2 aromatic heterocycles. The number of methoxy groups -OCH3 is 1. The van der Waals surface area contributed by atoms with Gasteiger partial charge >= 0.3 is 0 Å². The number of aromatic amines is 1. The van der Waals surface area contributed by atoms with Crippen LogP contribution in [0.25, 0.3) is 16.6 Å². The average Bonchev–Trinajstić information content (AvgIpc) is 2.81. The number of hydrogen-bond donors (Lipinski definition) is 1. The fourth-order valence-electron chi connectivity index (χ4n) is 2.00. The number of nitrogens with zero attached hydrogens (tertiary/aromatic N) is 2. The minimum Gasteiger partial charge on any atom is -0.497 e. The summed E-state index contributed by atoms with van der Waals surface area (Å²) in [5.74, 6) is -0.156. The smallest absolute Gasteiger partial charge is 0.273 e. The Morgan fingerprint density at radius 1 is 1.45 bits per heavy atom. The molecule has 0 saturated carbocycles. The standard InChI is InChI=1S/C13H9ClFN3O2/c1-20-8-4-2-3-7(5-8)18-11-9(13(19)17-18)6-16-12(14)10(11)15/h2-6H,1H3,(H,17,19). The Morgan fingerprint density at radius 2 is 2.25 bits per heavy atom. The molecular weight excluding hydrogens is 285 g/mol. The quantitative estimate of drug-likeness (QED) is 0.739. The van der Waals surface area contributed by atoms with Gasteiger partial charge < -0.3 is 4.74 Å². The van der Waals surface area contributed by atoms with Gasteiger partial charge in [-0.25, -0.2) is 14.1 Å². The molecule has 0 fully saturated rings. The second-order valence-electron chi connectivity index (χ2n) is 4.10. The SMILES string of the molecule is COc1cccc(-n2[nH]c(=O)c3cnc(Cl)c(F)c32)c1. The predicted octanol–water partition coefficient (Wildman–Crippen LogP) is 2.51. The summed E-state index contributed by atoms with van der Waals surface area (Å²) in [4.78, 5) is 15.5. The molecule has 5 nitrogen and oxygen atoms in total. The van der Waals surface area contributed by atoms with Crippen molar-refractivity contribution in [3.05, 3.63) is 51.8 Å². The van der Waals surface area contributed by atoms with Crippen molar-refractivity contribution >= 4 is 22.5 Å². The number of aromatic nitrogens is 3. The van der Waals surface area contributed by atoms with Gasteiger partial charge in [0.2, 0.25) is 0 Å². The van der Waals surface area contributed by atoms with Crippen LogP contribution in [-0.2, 0) is 0 Å². The van der Waals surface area contributed by atoms with Crippen molar-refractivity contribution < 1.29 is 9.13 Å². The number of hydrogen-bond acceptors (Lipinski definition) is 3. The van der Waals surface area contributed by atoms with E-state index in [9.17, 15) is 9.18 Å². The minimum atomic E-state index is -0.745. The van der Waals surface area contributed by atoms with Crippen molar-refractivity contribution in [1.29, 1.82) is 0 Å². The lowest BCUT2D eigenvalue weighted by Gasteiger charge is -2.07. The number of benzene rings is 1. The number of nitrogens with one attached hydrogen (secondary N) is 1. The average molecular weight is 294 g/mol. The van der Waals surface area contributed by atoms with E-state index >= 15 is 0 Å². The molecule has 0 amide bonds. The number of fused-ring (bicyclic) bond motifs is 1. The molecule has 0 aliphatic carbocycles. The molecule has 0 atom stereocenters. The molecule has 0 spiro atoms. The van der Waals surface area contributed by atoms with Gasteiger partial charge in [0, 0.05) is 12.3 Å². The highest BCUT2D eigenvalue weighted by Crippen LogP contribution is 2.24. The third-order valence-electron chi connectivity index (χ3n) is 2.94. The molecule has 20 heavy (non-hydrogen) atoms. The summed E-state index contributed by atoms with van der Waals surface area (Å²) in [6, 6.07) is 6.87. The van der Waals surface area contributed by atoms with Gasteiger partial charge in [0.05, 0.1) is 18.2 Å². The minimum absolute atomic E-state index is 0.0586. The molecule has 102 valence electrons. The van der Waals surface area contributed by atoms with Crippen LogP contribution in [-0.4, -0.2) is 21.9 Å². The summed E-state index contributed by atoms with van der Waals surface area (Å²) < 4.78 is 20.6. The van der Waals surface area contributed by atoms with Crippen LogP contribution in [0.4, 0.5) is 4.39 Å². The summed E-state index contributed by atoms with van der Waals surface area (Å²) in [5, 5.41) is 2.41. The van der Waals surface area contributed by atoms with Crippen LogP contribution in [0.5, 0.6) is 5.75 Å². The van der Waals surface area contributed by atoms with E-state index < -0.39 is 11.4 Å². The summed E-state index contributed by atoms with van der Waals surface area (Å²) in [6.07, 6.45) is 1.25. The van der Waals surface area contributed by atoms with Crippen LogP contribution in [0.3, 0.4) is 0 Å². The lowest BCUT2D eigenvalue weighted by atomic mass is 10.3. The maximum atomic E-state index is 14.1. The fraction of sp³-hybridized carbons (Fsp3) is 0.0769. The zero-order valence-corrected chi connectivity index (χ0v) is 11.1. The third kappa shape index (κ3) is 1.85. The first-order valence-electron chi connectivity index (χ1n) is 5.71. The van der Waals surface area contributed by atoms with E-state index in [0.29, 0.717) is 11.4 Å². The Hall–Kier alpha value is -2.34. The van der Waals surface area contributed by atoms with Gasteiger partial charge in [-0.15, -0.1) is 0 Å². The zero-order chi connectivity index (χ0) is 14.3. The van der Waals surface area contributed by atoms with Crippen molar-refractivity contribution in [1.82, 2.24) is 14.8 Å². The molecule has 0 aliphatic heterocycles. The number of halogens is 2. The fourth-order valence-corrected chi connectivity index (χ4v) is 2.14. The predicted molar refractivity (Wildman–Crippen MR) is 73.2 cm³/mol. The lowest BCUT2D eigenvalue weighted by molar-refractivity contribution is 0.414. The van der Waals surface area contributed by atoms with Gasteiger partial charge in [-0.05, 0) is 12.1 Å². The maximum Gasteiger partial charge on any atom is 0.273 e. The van der Waals surface area contributed by atoms with Crippen LogP contribution in [0.15, 0.2) is 35.3 Å². The topological polar surface area (TPSA) is 59.9 Å². The molecule has 1 N–H and O–H groups in total.